The minimum Gasteiger partial charge on any atom is -0.497 e. The molecule has 1 aromatic heterocycles. The molecule has 0 spiro atoms. The van der Waals surface area contributed by atoms with Crippen molar-refractivity contribution in [1.82, 2.24) is 9.55 Å². The van der Waals surface area contributed by atoms with Gasteiger partial charge in [-0.25, -0.2) is 9.37 Å². The van der Waals surface area contributed by atoms with Crippen LogP contribution in [0.5, 0.6) is 5.75 Å². The molecule has 0 saturated carbocycles. The van der Waals surface area contributed by atoms with Crippen molar-refractivity contribution in [2.45, 2.75) is 6.92 Å². The summed E-state index contributed by atoms with van der Waals surface area (Å²) in [6.45, 7) is 1.78. The van der Waals surface area contributed by atoms with Crippen molar-refractivity contribution in [1.29, 1.82) is 0 Å². The van der Waals surface area contributed by atoms with E-state index in [9.17, 15) is 9.18 Å². The van der Waals surface area contributed by atoms with Crippen molar-refractivity contribution in [3.63, 3.8) is 0 Å². The Labute approximate surface area is 104 Å². The zero-order valence-corrected chi connectivity index (χ0v) is 10.4. The van der Waals surface area contributed by atoms with Crippen LogP contribution in [0.3, 0.4) is 0 Å². The first-order valence-electron chi connectivity index (χ1n) is 5.41. The Morgan fingerprint density at radius 1 is 1.44 bits per heavy atom. The number of benzene rings is 1. The Kier molecular flexibility index (Phi) is 3.14. The summed E-state index contributed by atoms with van der Waals surface area (Å²) in [5.41, 5.74) is 0.371. The van der Waals surface area contributed by atoms with Gasteiger partial charge in [-0.3, -0.25) is 4.79 Å². The fourth-order valence-electron chi connectivity index (χ4n) is 1.66. The van der Waals surface area contributed by atoms with E-state index < -0.39 is 11.6 Å². The fourth-order valence-corrected chi connectivity index (χ4v) is 1.66. The summed E-state index contributed by atoms with van der Waals surface area (Å²) in [5, 5.41) is 0. The van der Waals surface area contributed by atoms with Gasteiger partial charge in [-0.15, -0.1) is 0 Å². The predicted octanol–water partition coefficient (Wildman–Crippen LogP) is 2.11. The van der Waals surface area contributed by atoms with Gasteiger partial charge in [0.2, 0.25) is 5.78 Å². The maximum Gasteiger partial charge on any atom is 0.213 e. The molecular formula is C13H13FN2O2. The number of aromatic nitrogens is 2. The van der Waals surface area contributed by atoms with E-state index in [1.165, 1.54) is 25.4 Å². The zero-order valence-electron chi connectivity index (χ0n) is 10.4. The quantitative estimate of drug-likeness (QED) is 0.781. The molecule has 2 aromatic rings. The number of rotatable bonds is 3. The van der Waals surface area contributed by atoms with Crippen LogP contribution in [0.15, 0.2) is 24.4 Å². The summed E-state index contributed by atoms with van der Waals surface area (Å²) in [5.74, 6) is 0.0916. The minimum absolute atomic E-state index is 0.0128. The number of methoxy groups -OCH3 is 1. The van der Waals surface area contributed by atoms with Crippen molar-refractivity contribution in [2.75, 3.05) is 7.11 Å². The topological polar surface area (TPSA) is 44.1 Å². The summed E-state index contributed by atoms with van der Waals surface area (Å²) >= 11 is 0. The number of ketones is 1. The third-order valence-electron chi connectivity index (χ3n) is 2.87. The van der Waals surface area contributed by atoms with Gasteiger partial charge < -0.3 is 9.30 Å². The number of nitrogens with zero attached hydrogens (tertiary/aromatic N) is 2. The molecule has 0 aliphatic heterocycles. The SMILES string of the molecule is COc1ccc(C(=O)c2cnc(C)n2C)c(F)c1. The van der Waals surface area contributed by atoms with Crippen LogP contribution >= 0.6 is 0 Å². The summed E-state index contributed by atoms with van der Waals surface area (Å²) in [6.07, 6.45) is 1.45. The second-order valence-electron chi connectivity index (χ2n) is 3.92. The van der Waals surface area contributed by atoms with Gasteiger partial charge in [0.25, 0.3) is 0 Å². The van der Waals surface area contributed by atoms with E-state index in [0.29, 0.717) is 17.3 Å². The standard InChI is InChI=1S/C13H13FN2O2/c1-8-15-7-12(16(8)2)13(17)10-5-4-9(18-3)6-11(10)14/h4-7H,1-3H3. The van der Waals surface area contributed by atoms with Gasteiger partial charge in [-0.05, 0) is 19.1 Å². The van der Waals surface area contributed by atoms with Crippen LogP contribution < -0.4 is 4.74 Å². The number of hydrogen-bond donors (Lipinski definition) is 0. The van der Waals surface area contributed by atoms with Gasteiger partial charge >= 0.3 is 0 Å². The first kappa shape index (κ1) is 12.3. The number of halogens is 1. The Morgan fingerprint density at radius 2 is 2.17 bits per heavy atom. The molecule has 0 saturated heterocycles. The number of ether oxygens (including phenoxy) is 1. The summed E-state index contributed by atoms with van der Waals surface area (Å²) in [4.78, 5) is 16.2. The lowest BCUT2D eigenvalue weighted by Crippen LogP contribution is -2.10. The van der Waals surface area contributed by atoms with Gasteiger partial charge in [0.05, 0.1) is 18.9 Å². The van der Waals surface area contributed by atoms with Gasteiger partial charge in [0.1, 0.15) is 23.1 Å². The van der Waals surface area contributed by atoms with Crippen LogP contribution in [-0.4, -0.2) is 22.4 Å². The third kappa shape index (κ3) is 1.99. The molecule has 0 unspecified atom stereocenters. The predicted molar refractivity (Wildman–Crippen MR) is 64.3 cm³/mol. The average molecular weight is 248 g/mol. The largest absolute Gasteiger partial charge is 0.497 e. The number of imidazole rings is 1. The molecule has 94 valence electrons. The number of hydrogen-bond acceptors (Lipinski definition) is 3. The molecule has 0 atom stereocenters. The van der Waals surface area contributed by atoms with Crippen molar-refractivity contribution in [3.05, 3.63) is 47.3 Å². The normalized spacial score (nSPS) is 10.4. The number of aryl methyl sites for hydroxylation is 1. The second-order valence-corrected chi connectivity index (χ2v) is 3.92. The molecule has 0 bridgehead atoms. The van der Waals surface area contributed by atoms with Crippen LogP contribution in [0, 0.1) is 12.7 Å². The maximum atomic E-state index is 13.8. The van der Waals surface area contributed by atoms with Gasteiger partial charge in [0.15, 0.2) is 0 Å². The molecule has 2 rings (SSSR count). The monoisotopic (exact) mass is 248 g/mol. The van der Waals surface area contributed by atoms with Crippen molar-refractivity contribution in [2.24, 2.45) is 7.05 Å². The minimum atomic E-state index is -0.599. The van der Waals surface area contributed by atoms with E-state index in [1.54, 1.807) is 24.6 Å². The Morgan fingerprint density at radius 3 is 2.67 bits per heavy atom. The highest BCUT2D eigenvalue weighted by Crippen LogP contribution is 2.19. The van der Waals surface area contributed by atoms with E-state index in [1.807, 2.05) is 0 Å². The van der Waals surface area contributed by atoms with E-state index in [2.05, 4.69) is 4.98 Å². The summed E-state index contributed by atoms with van der Waals surface area (Å²) in [7, 11) is 3.16. The zero-order chi connectivity index (χ0) is 13.3. The van der Waals surface area contributed by atoms with Crippen molar-refractivity contribution < 1.29 is 13.9 Å². The van der Waals surface area contributed by atoms with E-state index >= 15 is 0 Å². The molecule has 0 radical (unpaired) electrons. The molecule has 0 fully saturated rings. The number of carbonyl (C=O) groups excluding carboxylic acids is 1. The number of carbonyl (C=O) groups is 1. The van der Waals surface area contributed by atoms with Gasteiger partial charge in [-0.2, -0.15) is 0 Å². The first-order valence-corrected chi connectivity index (χ1v) is 5.41. The van der Waals surface area contributed by atoms with Crippen LogP contribution in [0.1, 0.15) is 21.9 Å². The molecule has 4 nitrogen and oxygen atoms in total. The fraction of sp³-hybridized carbons (Fsp3) is 0.231. The van der Waals surface area contributed by atoms with Crippen LogP contribution in [0.2, 0.25) is 0 Å². The Hall–Kier alpha value is -2.17. The third-order valence-corrected chi connectivity index (χ3v) is 2.87. The molecule has 0 N–H and O–H groups in total. The highest BCUT2D eigenvalue weighted by atomic mass is 19.1. The maximum absolute atomic E-state index is 13.8. The van der Waals surface area contributed by atoms with Crippen LogP contribution in [0.25, 0.3) is 0 Å². The van der Waals surface area contributed by atoms with E-state index in [-0.39, 0.29) is 5.56 Å². The molecule has 1 aromatic carbocycles. The highest BCUT2D eigenvalue weighted by Gasteiger charge is 2.18. The molecule has 18 heavy (non-hydrogen) atoms. The van der Waals surface area contributed by atoms with Crippen molar-refractivity contribution >= 4 is 5.78 Å². The Bertz CT molecular complexity index is 605. The molecule has 0 aliphatic rings. The summed E-state index contributed by atoms with van der Waals surface area (Å²) < 4.78 is 20.3. The molecular weight excluding hydrogens is 235 g/mol. The lowest BCUT2D eigenvalue weighted by Gasteiger charge is -2.06. The lowest BCUT2D eigenvalue weighted by atomic mass is 10.1. The average Bonchev–Trinajstić information content (AvgIpc) is 2.69. The molecule has 0 amide bonds. The summed E-state index contributed by atoms with van der Waals surface area (Å²) in [6, 6.07) is 4.16. The highest BCUT2D eigenvalue weighted by molar-refractivity contribution is 6.08. The van der Waals surface area contributed by atoms with Crippen molar-refractivity contribution in [3.8, 4) is 5.75 Å². The Balaban J connectivity index is 2.43. The van der Waals surface area contributed by atoms with E-state index in [4.69, 9.17) is 4.74 Å². The van der Waals surface area contributed by atoms with Gasteiger partial charge in [0, 0.05) is 13.1 Å². The lowest BCUT2D eigenvalue weighted by molar-refractivity contribution is 0.102. The molecule has 5 heteroatoms. The van der Waals surface area contributed by atoms with Gasteiger partial charge in [-0.1, -0.05) is 0 Å². The van der Waals surface area contributed by atoms with E-state index in [0.717, 1.165) is 0 Å². The smallest absolute Gasteiger partial charge is 0.213 e. The first-order chi connectivity index (χ1) is 8.54. The van der Waals surface area contributed by atoms with Crippen LogP contribution in [0.4, 0.5) is 4.39 Å². The van der Waals surface area contributed by atoms with Crippen LogP contribution in [-0.2, 0) is 7.05 Å². The molecule has 0 aliphatic carbocycles. The second kappa shape index (κ2) is 4.60. The molecule has 1 heterocycles.